The second kappa shape index (κ2) is 14.7. The summed E-state index contributed by atoms with van der Waals surface area (Å²) in [6.07, 6.45) is 10.4. The second-order valence-corrected chi connectivity index (χ2v) is 23.6. The molecule has 0 N–H and O–H groups in total. The lowest BCUT2D eigenvalue weighted by Crippen LogP contribution is -2.62. The predicted octanol–water partition coefficient (Wildman–Crippen LogP) is 12.8. The summed E-state index contributed by atoms with van der Waals surface area (Å²) in [5, 5.41) is 0. The van der Waals surface area contributed by atoms with E-state index < -0.39 is 0 Å². The van der Waals surface area contributed by atoms with Crippen LogP contribution in [-0.2, 0) is 57.8 Å². The maximum atomic E-state index is 2.75. The predicted molar refractivity (Wildman–Crippen MR) is 267 cm³/mol. The standard InChI is InChI=1S/C59H71BN2/c1-33-16-42-12-14-50(26-44(42)18-35(33)3)61-54-30-48-22-39(7)37(5)20-46(48)28-52(54)60-53-29-47-21-38(6)40(8)23-49(47)31-55(53)62(51-15-13-43-17-34(2)36(4)19-45(43)27-51)57-25-41(32-59(9,10)11)24-56(61)58(57)60/h12-15,24-31,33-40H,16-23,32H2,1-11H3. The first-order valence-corrected chi connectivity index (χ1v) is 24.9. The molecule has 4 aliphatic carbocycles. The van der Waals surface area contributed by atoms with Crippen LogP contribution in [0.2, 0.25) is 0 Å². The van der Waals surface area contributed by atoms with Gasteiger partial charge in [0.1, 0.15) is 0 Å². The molecule has 0 bridgehead atoms. The van der Waals surface area contributed by atoms with Gasteiger partial charge in [-0.25, -0.2) is 0 Å². The maximum Gasteiger partial charge on any atom is 0.252 e. The lowest BCUT2D eigenvalue weighted by molar-refractivity contribution is 0.361. The molecule has 0 fully saturated rings. The largest absolute Gasteiger partial charge is 0.311 e. The minimum Gasteiger partial charge on any atom is -0.311 e. The molecular weight excluding hydrogens is 747 g/mol. The third kappa shape index (κ3) is 6.64. The molecule has 0 amide bonds. The number of nitrogens with zero attached hydrogens (tertiary/aromatic N) is 2. The summed E-state index contributed by atoms with van der Waals surface area (Å²) in [5.74, 6) is 5.58. The van der Waals surface area contributed by atoms with Crippen LogP contribution in [0.5, 0.6) is 0 Å². The molecule has 5 aromatic carbocycles. The van der Waals surface area contributed by atoms with Gasteiger partial charge in [-0.2, -0.15) is 0 Å². The van der Waals surface area contributed by atoms with Crippen molar-refractivity contribution in [2.45, 2.75) is 134 Å². The highest BCUT2D eigenvalue weighted by atomic mass is 15.2. The molecule has 8 atom stereocenters. The van der Waals surface area contributed by atoms with Crippen LogP contribution in [0.4, 0.5) is 34.1 Å². The number of hydrogen-bond donors (Lipinski definition) is 0. The third-order valence-corrected chi connectivity index (χ3v) is 17.6. The summed E-state index contributed by atoms with van der Waals surface area (Å²) in [5.41, 5.74) is 26.9. The fourth-order valence-corrected chi connectivity index (χ4v) is 13.0. The Morgan fingerprint density at radius 2 is 0.726 bits per heavy atom. The Balaban J connectivity index is 1.22. The molecule has 6 aliphatic rings. The van der Waals surface area contributed by atoms with Gasteiger partial charge in [0.25, 0.3) is 6.71 Å². The van der Waals surface area contributed by atoms with Crippen LogP contribution >= 0.6 is 0 Å². The summed E-state index contributed by atoms with van der Waals surface area (Å²) < 4.78 is 0. The van der Waals surface area contributed by atoms with E-state index in [1.165, 1.54) is 81.8 Å². The van der Waals surface area contributed by atoms with E-state index in [0.717, 1.165) is 43.9 Å². The zero-order valence-corrected chi connectivity index (χ0v) is 39.9. The molecule has 2 aliphatic heterocycles. The van der Waals surface area contributed by atoms with Gasteiger partial charge in [-0.05, 0) is 226 Å². The lowest BCUT2D eigenvalue weighted by atomic mass is 9.33. The Morgan fingerprint density at radius 3 is 1.08 bits per heavy atom. The van der Waals surface area contributed by atoms with E-state index in [0.29, 0.717) is 35.5 Å². The van der Waals surface area contributed by atoms with Crippen LogP contribution in [0.25, 0.3) is 0 Å². The van der Waals surface area contributed by atoms with Gasteiger partial charge in [0.05, 0.1) is 0 Å². The molecule has 5 aromatic rings. The Bertz CT molecular complexity index is 2460. The van der Waals surface area contributed by atoms with Crippen molar-refractivity contribution in [3.05, 3.63) is 123 Å². The maximum absolute atomic E-state index is 2.75. The Morgan fingerprint density at radius 1 is 0.403 bits per heavy atom. The van der Waals surface area contributed by atoms with Crippen molar-refractivity contribution in [1.82, 2.24) is 0 Å². The number of benzene rings is 5. The minimum atomic E-state index is 0.143. The Hall–Kier alpha value is -4.24. The molecule has 2 nitrogen and oxygen atoms in total. The number of rotatable bonds is 3. The molecule has 0 aromatic heterocycles. The highest BCUT2D eigenvalue weighted by Crippen LogP contribution is 2.49. The van der Waals surface area contributed by atoms with Crippen molar-refractivity contribution in [2.75, 3.05) is 9.80 Å². The van der Waals surface area contributed by atoms with E-state index >= 15 is 0 Å². The smallest absolute Gasteiger partial charge is 0.252 e. The molecule has 0 saturated carbocycles. The van der Waals surface area contributed by atoms with Gasteiger partial charge < -0.3 is 9.80 Å². The van der Waals surface area contributed by atoms with Crippen LogP contribution in [0.1, 0.15) is 126 Å². The zero-order chi connectivity index (χ0) is 43.1. The van der Waals surface area contributed by atoms with Crippen molar-refractivity contribution in [1.29, 1.82) is 0 Å². The van der Waals surface area contributed by atoms with Crippen LogP contribution in [-0.4, -0.2) is 6.71 Å². The van der Waals surface area contributed by atoms with Gasteiger partial charge in [0.2, 0.25) is 0 Å². The monoisotopic (exact) mass is 819 g/mol. The van der Waals surface area contributed by atoms with E-state index in [-0.39, 0.29) is 12.1 Å². The fourth-order valence-electron chi connectivity index (χ4n) is 13.0. The third-order valence-electron chi connectivity index (χ3n) is 17.6. The first-order chi connectivity index (χ1) is 29.6. The average molecular weight is 819 g/mol. The van der Waals surface area contributed by atoms with Crippen LogP contribution in [0.15, 0.2) is 72.8 Å². The summed E-state index contributed by atoms with van der Waals surface area (Å²) in [4.78, 5) is 5.51. The topological polar surface area (TPSA) is 6.48 Å². The van der Waals surface area contributed by atoms with E-state index in [2.05, 4.69) is 159 Å². The zero-order valence-electron chi connectivity index (χ0n) is 39.9. The number of fused-ring (bicyclic) bond motifs is 8. The molecule has 3 heteroatoms. The first kappa shape index (κ1) is 40.5. The lowest BCUT2D eigenvalue weighted by Gasteiger charge is -2.46. The summed E-state index contributed by atoms with van der Waals surface area (Å²) in [6, 6.07) is 31.2. The van der Waals surface area contributed by atoms with Crippen molar-refractivity contribution < 1.29 is 0 Å². The van der Waals surface area contributed by atoms with E-state index in [9.17, 15) is 0 Å². The van der Waals surface area contributed by atoms with Gasteiger partial charge in [-0.1, -0.05) is 100 Å². The second-order valence-electron chi connectivity index (χ2n) is 23.6. The molecule has 2 heterocycles. The molecule has 8 unspecified atom stereocenters. The number of hydrogen-bond acceptors (Lipinski definition) is 2. The van der Waals surface area contributed by atoms with Crippen molar-refractivity contribution >= 4 is 57.2 Å². The normalized spacial score (nSPS) is 27.0. The summed E-state index contributed by atoms with van der Waals surface area (Å²) in [6.45, 7) is 27.2. The van der Waals surface area contributed by atoms with E-state index in [1.807, 2.05) is 0 Å². The van der Waals surface area contributed by atoms with E-state index in [4.69, 9.17) is 0 Å². The average Bonchev–Trinajstić information content (AvgIpc) is 3.20. The van der Waals surface area contributed by atoms with E-state index in [1.54, 1.807) is 44.5 Å². The molecule has 320 valence electrons. The van der Waals surface area contributed by atoms with Gasteiger partial charge in [0.15, 0.2) is 0 Å². The quantitative estimate of drug-likeness (QED) is 0.164. The van der Waals surface area contributed by atoms with Gasteiger partial charge in [0, 0.05) is 34.1 Å². The van der Waals surface area contributed by atoms with Crippen molar-refractivity contribution in [3.63, 3.8) is 0 Å². The summed E-state index contributed by atoms with van der Waals surface area (Å²) >= 11 is 0. The molecular formula is C59H71BN2. The molecule has 0 radical (unpaired) electrons. The van der Waals surface area contributed by atoms with Crippen LogP contribution in [0, 0.1) is 52.8 Å². The molecule has 0 saturated heterocycles. The van der Waals surface area contributed by atoms with Gasteiger partial charge in [-0.3, -0.25) is 0 Å². The van der Waals surface area contributed by atoms with Gasteiger partial charge in [-0.15, -0.1) is 0 Å². The molecule has 62 heavy (non-hydrogen) atoms. The van der Waals surface area contributed by atoms with Gasteiger partial charge >= 0.3 is 0 Å². The fraction of sp³-hybridized carbons (Fsp3) is 0.492. The SMILES string of the molecule is CC1Cc2ccc(N3c4cc5c(cc4B4c6cc7c(cc6N(c6ccc8c(c6)CC(C)C(C)C8)c6cc(CC(C)(C)C)cc3c64)CC(C)C(C)C7)CC(C)C(C)C5)cc2CC1C. The van der Waals surface area contributed by atoms with Crippen molar-refractivity contribution in [2.24, 2.45) is 52.8 Å². The van der Waals surface area contributed by atoms with Crippen molar-refractivity contribution in [3.8, 4) is 0 Å². The van der Waals surface area contributed by atoms with Crippen LogP contribution < -0.4 is 26.2 Å². The molecule has 11 rings (SSSR count). The summed E-state index contributed by atoms with van der Waals surface area (Å²) in [7, 11) is 0. The first-order valence-electron chi connectivity index (χ1n) is 24.9. The minimum absolute atomic E-state index is 0.143. The highest BCUT2D eigenvalue weighted by molar-refractivity contribution is 7.00. The van der Waals surface area contributed by atoms with Crippen LogP contribution in [0.3, 0.4) is 0 Å². The Kier molecular flexibility index (Phi) is 9.58. The highest BCUT2D eigenvalue weighted by Gasteiger charge is 2.46. The Labute approximate surface area is 375 Å². The molecule has 0 spiro atoms. The number of anilines is 6.